The Morgan fingerprint density at radius 2 is 2.25 bits per heavy atom. The van der Waals surface area contributed by atoms with Crippen LogP contribution < -0.4 is 0 Å². The van der Waals surface area contributed by atoms with Crippen LogP contribution >= 0.6 is 0 Å². The number of carbonyl (C=O) groups excluding carboxylic acids is 2. The Morgan fingerprint density at radius 1 is 1.50 bits per heavy atom. The molecule has 0 fully saturated rings. The predicted octanol–water partition coefficient (Wildman–Crippen LogP) is 0.781. The Hall–Kier alpha value is -1.64. The minimum absolute atomic E-state index is 0.0856. The molecule has 1 aliphatic carbocycles. The normalized spacial score (nSPS) is 15.8. The summed E-state index contributed by atoms with van der Waals surface area (Å²) in [6.45, 7) is 3.66. The zero-order valence-electron chi connectivity index (χ0n) is 6.45. The monoisotopic (exact) mass is 164 g/mol. The van der Waals surface area contributed by atoms with E-state index in [1.54, 1.807) is 0 Å². The van der Waals surface area contributed by atoms with E-state index in [1.807, 2.05) is 0 Å². The molecule has 0 aromatic heterocycles. The van der Waals surface area contributed by atoms with Gasteiger partial charge in [-0.1, -0.05) is 18.7 Å². The number of rotatable bonds is 3. The number of Topliss-reactive ketones (excluding diaryl/α,β-unsaturated/α-hetero) is 1. The van der Waals surface area contributed by atoms with Crippen molar-refractivity contribution in [3.05, 3.63) is 36.6 Å². The second kappa shape index (κ2) is 3.67. The summed E-state index contributed by atoms with van der Waals surface area (Å²) in [6, 6.07) is 0. The van der Waals surface area contributed by atoms with Crippen molar-refractivity contribution >= 4 is 11.6 Å². The van der Waals surface area contributed by atoms with Crippen LogP contribution in [-0.2, 0) is 14.3 Å². The van der Waals surface area contributed by atoms with Gasteiger partial charge in [0.2, 0.25) is 5.78 Å². The van der Waals surface area contributed by atoms with E-state index >= 15 is 0 Å². The molecule has 0 saturated heterocycles. The van der Waals surface area contributed by atoms with E-state index in [0.29, 0.717) is 0 Å². The maximum absolute atomic E-state index is 11.0. The average molecular weight is 164 g/mol. The van der Waals surface area contributed by atoms with E-state index in [4.69, 9.17) is 4.74 Å². The van der Waals surface area contributed by atoms with Gasteiger partial charge >= 0.3 is 0 Å². The first-order chi connectivity index (χ1) is 5.75. The topological polar surface area (TPSA) is 43.4 Å². The van der Waals surface area contributed by atoms with Gasteiger partial charge in [0.25, 0.3) is 5.78 Å². The van der Waals surface area contributed by atoms with Crippen LogP contribution in [0.2, 0.25) is 0 Å². The van der Waals surface area contributed by atoms with Crippen molar-refractivity contribution in [1.82, 2.24) is 0 Å². The van der Waals surface area contributed by atoms with Crippen LogP contribution in [0.5, 0.6) is 0 Å². The Kier molecular flexibility index (Phi) is 2.58. The summed E-state index contributed by atoms with van der Waals surface area (Å²) in [5, 5.41) is 0. The summed E-state index contributed by atoms with van der Waals surface area (Å²) in [5.41, 5.74) is 0. The lowest BCUT2D eigenvalue weighted by molar-refractivity contribution is -0.133. The minimum atomic E-state index is -0.598. The fraction of sp³-hybridized carbons (Fsp3) is 0.111. The lowest BCUT2D eigenvalue weighted by Gasteiger charge is -2.06. The second-order valence-electron chi connectivity index (χ2n) is 2.18. The van der Waals surface area contributed by atoms with Crippen molar-refractivity contribution in [2.45, 2.75) is 0 Å². The summed E-state index contributed by atoms with van der Waals surface area (Å²) in [7, 11) is 0. The van der Waals surface area contributed by atoms with Crippen LogP contribution in [0, 0.1) is 0 Å². The minimum Gasteiger partial charge on any atom is -0.485 e. The molecule has 0 atom stereocenters. The van der Waals surface area contributed by atoms with Gasteiger partial charge in [-0.15, -0.1) is 0 Å². The molecule has 0 saturated carbocycles. The Bertz CT molecular complexity index is 284. The Morgan fingerprint density at radius 3 is 2.92 bits per heavy atom. The first kappa shape index (κ1) is 8.46. The lowest BCUT2D eigenvalue weighted by Crippen LogP contribution is -2.18. The van der Waals surface area contributed by atoms with E-state index in [9.17, 15) is 9.59 Å². The zero-order chi connectivity index (χ0) is 8.97. The highest BCUT2D eigenvalue weighted by atomic mass is 16.5. The molecular weight excluding hydrogens is 156 g/mol. The van der Waals surface area contributed by atoms with Crippen LogP contribution in [0.25, 0.3) is 0 Å². The fourth-order valence-electron chi connectivity index (χ4n) is 0.758. The summed E-state index contributed by atoms with van der Waals surface area (Å²) in [4.78, 5) is 21.8. The third kappa shape index (κ3) is 1.69. The molecule has 0 aromatic carbocycles. The molecule has 0 unspecified atom stereocenters. The quantitative estimate of drug-likeness (QED) is 0.351. The standard InChI is InChI=1S/C9H8O3/c1-2-6-12-8-5-3-4-7(10)9(8)11/h2-5H,1,6H2. The van der Waals surface area contributed by atoms with Crippen LogP contribution in [0.15, 0.2) is 36.6 Å². The smallest absolute Gasteiger partial charge is 0.267 e. The number of ether oxygens (including phenoxy) is 1. The fourth-order valence-corrected chi connectivity index (χ4v) is 0.758. The van der Waals surface area contributed by atoms with Gasteiger partial charge in [-0.25, -0.2) is 0 Å². The van der Waals surface area contributed by atoms with E-state index in [0.717, 1.165) is 0 Å². The van der Waals surface area contributed by atoms with Crippen molar-refractivity contribution in [2.75, 3.05) is 6.61 Å². The second-order valence-corrected chi connectivity index (χ2v) is 2.18. The van der Waals surface area contributed by atoms with Gasteiger partial charge in [0.05, 0.1) is 0 Å². The largest absolute Gasteiger partial charge is 0.485 e. The van der Waals surface area contributed by atoms with Crippen LogP contribution in [0.3, 0.4) is 0 Å². The zero-order valence-corrected chi connectivity index (χ0v) is 6.45. The van der Waals surface area contributed by atoms with Crippen molar-refractivity contribution in [3.8, 4) is 0 Å². The van der Waals surface area contributed by atoms with Crippen molar-refractivity contribution in [1.29, 1.82) is 0 Å². The lowest BCUT2D eigenvalue weighted by atomic mass is 10.1. The van der Waals surface area contributed by atoms with Gasteiger partial charge in [-0.2, -0.15) is 0 Å². The summed E-state index contributed by atoms with van der Waals surface area (Å²) in [5.74, 6) is -1.06. The molecule has 0 spiro atoms. The summed E-state index contributed by atoms with van der Waals surface area (Å²) >= 11 is 0. The summed E-state index contributed by atoms with van der Waals surface area (Å²) < 4.78 is 4.94. The van der Waals surface area contributed by atoms with Crippen molar-refractivity contribution < 1.29 is 14.3 Å². The molecule has 0 heterocycles. The molecule has 0 N–H and O–H groups in total. The average Bonchev–Trinajstić information content (AvgIpc) is 2.08. The highest BCUT2D eigenvalue weighted by Gasteiger charge is 2.19. The molecule has 0 bridgehead atoms. The van der Waals surface area contributed by atoms with Gasteiger partial charge in [-0.05, 0) is 12.2 Å². The van der Waals surface area contributed by atoms with Crippen LogP contribution in [0.1, 0.15) is 0 Å². The maximum Gasteiger partial charge on any atom is 0.267 e. The Labute approximate surface area is 70.0 Å². The highest BCUT2D eigenvalue weighted by Crippen LogP contribution is 2.06. The molecule has 1 rings (SSSR count). The highest BCUT2D eigenvalue weighted by molar-refractivity contribution is 6.47. The summed E-state index contributed by atoms with van der Waals surface area (Å²) in [6.07, 6.45) is 5.68. The molecule has 0 radical (unpaired) electrons. The number of hydrogen-bond acceptors (Lipinski definition) is 3. The van der Waals surface area contributed by atoms with E-state index in [2.05, 4.69) is 6.58 Å². The third-order valence-corrected chi connectivity index (χ3v) is 1.30. The predicted molar refractivity (Wildman–Crippen MR) is 43.4 cm³/mol. The number of ketones is 2. The molecule has 12 heavy (non-hydrogen) atoms. The van der Waals surface area contributed by atoms with Gasteiger partial charge in [0.1, 0.15) is 6.61 Å². The van der Waals surface area contributed by atoms with Crippen LogP contribution in [0.4, 0.5) is 0 Å². The van der Waals surface area contributed by atoms with E-state index in [1.165, 1.54) is 24.3 Å². The molecule has 0 aromatic rings. The molecule has 62 valence electrons. The first-order valence-corrected chi connectivity index (χ1v) is 3.46. The van der Waals surface area contributed by atoms with Crippen molar-refractivity contribution in [2.24, 2.45) is 0 Å². The van der Waals surface area contributed by atoms with Gasteiger partial charge in [-0.3, -0.25) is 9.59 Å². The molecule has 1 aliphatic rings. The molecule has 0 aliphatic heterocycles. The molecule has 3 nitrogen and oxygen atoms in total. The number of carbonyl (C=O) groups is 2. The maximum atomic E-state index is 11.0. The number of hydrogen-bond donors (Lipinski definition) is 0. The van der Waals surface area contributed by atoms with Crippen molar-refractivity contribution in [3.63, 3.8) is 0 Å². The van der Waals surface area contributed by atoms with Gasteiger partial charge < -0.3 is 4.74 Å². The third-order valence-electron chi connectivity index (χ3n) is 1.30. The van der Waals surface area contributed by atoms with Gasteiger partial charge in [0.15, 0.2) is 5.76 Å². The van der Waals surface area contributed by atoms with Crippen LogP contribution in [-0.4, -0.2) is 18.2 Å². The van der Waals surface area contributed by atoms with E-state index < -0.39 is 11.6 Å². The van der Waals surface area contributed by atoms with E-state index in [-0.39, 0.29) is 12.4 Å². The van der Waals surface area contributed by atoms with Gasteiger partial charge in [0, 0.05) is 0 Å². The molecular formula is C9H8O3. The first-order valence-electron chi connectivity index (χ1n) is 3.46. The number of allylic oxidation sites excluding steroid dienone is 4. The molecule has 3 heteroatoms. The SMILES string of the molecule is C=CCOC1=CC=CC(=O)C1=O. The Balaban J connectivity index is 2.69. The molecule has 0 amide bonds.